The summed E-state index contributed by atoms with van der Waals surface area (Å²) in [6, 6.07) is 1.47. The van der Waals surface area contributed by atoms with Gasteiger partial charge in [0.1, 0.15) is 17.2 Å². The highest BCUT2D eigenvalue weighted by Gasteiger charge is 2.23. The normalized spacial score (nSPS) is 12.1. The van der Waals surface area contributed by atoms with Crippen molar-refractivity contribution in [2.75, 3.05) is 5.73 Å². The van der Waals surface area contributed by atoms with Gasteiger partial charge in [-0.05, 0) is 19.9 Å². The lowest BCUT2D eigenvalue weighted by Crippen LogP contribution is -2.17. The number of nitrogens with two attached hydrogens (primary N) is 1. The number of benzene rings is 1. The van der Waals surface area contributed by atoms with Crippen LogP contribution in [0.2, 0.25) is 0 Å². The molecule has 5 nitrogen and oxygen atoms in total. The Hall–Kier alpha value is -2.11. The van der Waals surface area contributed by atoms with Crippen molar-refractivity contribution in [2.24, 2.45) is 0 Å². The van der Waals surface area contributed by atoms with Gasteiger partial charge in [-0.15, -0.1) is 0 Å². The van der Waals surface area contributed by atoms with Gasteiger partial charge < -0.3 is 15.6 Å². The molecular formula is C15H20FN3O2. The van der Waals surface area contributed by atoms with Gasteiger partial charge in [0.05, 0.1) is 6.10 Å². The first kappa shape index (κ1) is 15.3. The molecule has 0 aliphatic rings. The molecule has 2 rings (SSSR count). The van der Waals surface area contributed by atoms with Gasteiger partial charge in [-0.1, -0.05) is 20.8 Å². The minimum atomic E-state index is -0.845. The second kappa shape index (κ2) is 5.02. The average molecular weight is 293 g/mol. The number of halogens is 1. The van der Waals surface area contributed by atoms with Crippen molar-refractivity contribution in [3.8, 4) is 11.5 Å². The third-order valence-corrected chi connectivity index (χ3v) is 2.93. The number of hydrogen-bond donors (Lipinski definition) is 2. The van der Waals surface area contributed by atoms with Gasteiger partial charge in [0.25, 0.3) is 0 Å². The van der Waals surface area contributed by atoms with E-state index < -0.39 is 11.6 Å². The Kier molecular flexibility index (Phi) is 3.65. The maximum Gasteiger partial charge on any atom is 0.196 e. The fraction of sp³-hybridized carbons (Fsp3) is 0.467. The first-order chi connectivity index (χ1) is 9.61. The Morgan fingerprint density at radius 1 is 1.29 bits per heavy atom. The lowest BCUT2D eigenvalue weighted by molar-refractivity contribution is 0.229. The number of aromatic hydroxyl groups is 1. The molecule has 0 saturated carbocycles. The van der Waals surface area contributed by atoms with Crippen LogP contribution in [0.4, 0.5) is 10.2 Å². The van der Waals surface area contributed by atoms with E-state index in [-0.39, 0.29) is 28.6 Å². The molecule has 1 aromatic carbocycles. The zero-order valence-corrected chi connectivity index (χ0v) is 12.9. The number of phenols is 1. The number of aromatic nitrogens is 2. The third-order valence-electron chi connectivity index (χ3n) is 2.93. The first-order valence-corrected chi connectivity index (χ1v) is 6.77. The van der Waals surface area contributed by atoms with Crippen LogP contribution in [0, 0.1) is 5.82 Å². The molecule has 21 heavy (non-hydrogen) atoms. The highest BCUT2D eigenvalue weighted by molar-refractivity contribution is 5.91. The van der Waals surface area contributed by atoms with Gasteiger partial charge in [-0.2, -0.15) is 0 Å². The van der Waals surface area contributed by atoms with Crippen LogP contribution in [-0.4, -0.2) is 21.2 Å². The van der Waals surface area contributed by atoms with E-state index in [4.69, 9.17) is 10.5 Å². The van der Waals surface area contributed by atoms with E-state index in [1.54, 1.807) is 13.8 Å². The number of nitrogen functional groups attached to an aromatic ring is 1. The van der Waals surface area contributed by atoms with E-state index in [1.165, 1.54) is 6.07 Å². The second-order valence-corrected chi connectivity index (χ2v) is 6.28. The number of ether oxygens (including phenoxy) is 1. The Bertz CT molecular complexity index is 694. The van der Waals surface area contributed by atoms with E-state index in [1.807, 2.05) is 20.8 Å². The van der Waals surface area contributed by atoms with Crippen LogP contribution in [0.25, 0.3) is 10.9 Å². The number of anilines is 1. The van der Waals surface area contributed by atoms with E-state index in [2.05, 4.69) is 9.97 Å². The minimum Gasteiger partial charge on any atom is -0.502 e. The van der Waals surface area contributed by atoms with E-state index >= 15 is 0 Å². The Morgan fingerprint density at radius 3 is 2.43 bits per heavy atom. The quantitative estimate of drug-likeness (QED) is 0.889. The molecule has 2 aromatic rings. The van der Waals surface area contributed by atoms with Gasteiger partial charge >= 0.3 is 0 Å². The standard InChI is InChI=1S/C15H20FN3O2/c1-7(2)21-9-6-8-11(10(16)12(9)20)18-14(15(3,4)5)19-13(8)17/h6-7,20H,1-5H3,(H2,17,18,19). The largest absolute Gasteiger partial charge is 0.502 e. The molecule has 114 valence electrons. The SMILES string of the molecule is CC(C)Oc1cc2c(N)nc(C(C)(C)C)nc2c(F)c1O. The van der Waals surface area contributed by atoms with Crippen LogP contribution in [0.5, 0.6) is 11.5 Å². The van der Waals surface area contributed by atoms with Crippen molar-refractivity contribution in [3.05, 3.63) is 17.7 Å². The monoisotopic (exact) mass is 293 g/mol. The maximum absolute atomic E-state index is 14.4. The molecule has 0 aliphatic heterocycles. The minimum absolute atomic E-state index is 0.000955. The highest BCUT2D eigenvalue weighted by Crippen LogP contribution is 2.37. The number of nitrogens with zero attached hydrogens (tertiary/aromatic N) is 2. The average Bonchev–Trinajstić information content (AvgIpc) is 2.34. The molecule has 0 unspecified atom stereocenters. The van der Waals surface area contributed by atoms with E-state index in [0.717, 1.165) is 0 Å². The smallest absolute Gasteiger partial charge is 0.196 e. The first-order valence-electron chi connectivity index (χ1n) is 6.77. The number of hydrogen-bond acceptors (Lipinski definition) is 5. The molecule has 0 aliphatic carbocycles. The van der Waals surface area contributed by atoms with Crippen molar-refractivity contribution in [1.29, 1.82) is 0 Å². The number of rotatable bonds is 2. The van der Waals surface area contributed by atoms with E-state index in [9.17, 15) is 9.50 Å². The van der Waals surface area contributed by atoms with Gasteiger partial charge in [-0.25, -0.2) is 14.4 Å². The van der Waals surface area contributed by atoms with Crippen LogP contribution in [-0.2, 0) is 5.41 Å². The number of phenolic OH excluding ortho intramolecular Hbond substituents is 1. The van der Waals surface area contributed by atoms with Crippen LogP contribution in [0.3, 0.4) is 0 Å². The molecule has 0 radical (unpaired) electrons. The maximum atomic E-state index is 14.4. The summed E-state index contributed by atoms with van der Waals surface area (Å²) in [6.07, 6.45) is -0.205. The van der Waals surface area contributed by atoms with Gasteiger partial charge in [0.2, 0.25) is 0 Å². The number of fused-ring (bicyclic) bond motifs is 1. The summed E-state index contributed by atoms with van der Waals surface area (Å²) in [4.78, 5) is 8.43. The van der Waals surface area contributed by atoms with Crippen LogP contribution in [0.1, 0.15) is 40.4 Å². The summed E-state index contributed by atoms with van der Waals surface area (Å²) in [5.74, 6) is -0.786. The summed E-state index contributed by atoms with van der Waals surface area (Å²) >= 11 is 0. The highest BCUT2D eigenvalue weighted by atomic mass is 19.1. The molecule has 1 aromatic heterocycles. The molecule has 6 heteroatoms. The summed E-state index contributed by atoms with van der Waals surface area (Å²) in [7, 11) is 0. The molecule has 0 spiro atoms. The molecule has 0 atom stereocenters. The lowest BCUT2D eigenvalue weighted by atomic mass is 9.95. The van der Waals surface area contributed by atoms with Crippen LogP contribution < -0.4 is 10.5 Å². The molecule has 0 fully saturated rings. The predicted octanol–water partition coefficient (Wildman–Crippen LogP) is 3.14. The van der Waals surface area contributed by atoms with Crippen molar-refractivity contribution in [2.45, 2.75) is 46.1 Å². The Morgan fingerprint density at radius 2 is 1.90 bits per heavy atom. The molecule has 0 bridgehead atoms. The lowest BCUT2D eigenvalue weighted by Gasteiger charge is -2.19. The summed E-state index contributed by atoms with van der Waals surface area (Å²) in [6.45, 7) is 9.28. The van der Waals surface area contributed by atoms with Gasteiger partial charge in [0, 0.05) is 10.8 Å². The summed E-state index contributed by atoms with van der Waals surface area (Å²) in [5.41, 5.74) is 5.54. The third kappa shape index (κ3) is 2.84. The van der Waals surface area contributed by atoms with Crippen molar-refractivity contribution in [1.82, 2.24) is 9.97 Å². The molecular weight excluding hydrogens is 273 g/mol. The molecule has 3 N–H and O–H groups in total. The molecule has 0 amide bonds. The zero-order chi connectivity index (χ0) is 15.9. The summed E-state index contributed by atoms with van der Waals surface area (Å²) in [5, 5.41) is 10.3. The van der Waals surface area contributed by atoms with Crippen LogP contribution in [0.15, 0.2) is 6.07 Å². The van der Waals surface area contributed by atoms with Crippen molar-refractivity contribution >= 4 is 16.7 Å². The second-order valence-electron chi connectivity index (χ2n) is 6.28. The molecule has 1 heterocycles. The predicted molar refractivity (Wildman–Crippen MR) is 80.0 cm³/mol. The Labute approximate surface area is 123 Å². The fourth-order valence-corrected chi connectivity index (χ4v) is 1.90. The van der Waals surface area contributed by atoms with E-state index in [0.29, 0.717) is 11.2 Å². The van der Waals surface area contributed by atoms with Crippen molar-refractivity contribution < 1.29 is 14.2 Å². The van der Waals surface area contributed by atoms with Crippen molar-refractivity contribution in [3.63, 3.8) is 0 Å². The van der Waals surface area contributed by atoms with Crippen LogP contribution >= 0.6 is 0 Å². The van der Waals surface area contributed by atoms with Gasteiger partial charge in [0.15, 0.2) is 17.3 Å². The molecule has 0 saturated heterocycles. The summed E-state index contributed by atoms with van der Waals surface area (Å²) < 4.78 is 19.8. The Balaban J connectivity index is 2.75. The fourth-order valence-electron chi connectivity index (χ4n) is 1.90. The van der Waals surface area contributed by atoms with Gasteiger partial charge in [-0.3, -0.25) is 0 Å². The zero-order valence-electron chi connectivity index (χ0n) is 12.9. The topological polar surface area (TPSA) is 81.3 Å².